The van der Waals surface area contributed by atoms with Crippen molar-refractivity contribution in [3.05, 3.63) is 0 Å². The van der Waals surface area contributed by atoms with E-state index in [1.807, 2.05) is 0 Å². The number of hydrogen-bond donors (Lipinski definition) is 4. The van der Waals surface area contributed by atoms with Gasteiger partial charge in [-0.25, -0.2) is 4.79 Å². The number of carbonyl (C=O) groups is 4. The number of fused-ring (bicyclic) bond motifs is 1. The van der Waals surface area contributed by atoms with Crippen LogP contribution in [0, 0.1) is 23.2 Å². The third-order valence-corrected chi connectivity index (χ3v) is 7.94. The Kier molecular flexibility index (Phi) is 6.81. The molecule has 4 rings (SSSR count). The van der Waals surface area contributed by atoms with Crippen molar-refractivity contribution in [2.75, 3.05) is 13.1 Å². The molecule has 4 fully saturated rings. The van der Waals surface area contributed by atoms with Crippen molar-refractivity contribution >= 4 is 23.8 Å². The lowest BCUT2D eigenvalue weighted by molar-refractivity contribution is -0.136. The molecule has 0 spiro atoms. The van der Waals surface area contributed by atoms with Gasteiger partial charge in [-0.05, 0) is 70.1 Å². The van der Waals surface area contributed by atoms with Gasteiger partial charge in [-0.15, -0.1) is 0 Å². The van der Waals surface area contributed by atoms with E-state index in [-0.39, 0.29) is 35.6 Å². The topological polar surface area (TPSA) is 137 Å². The molecular weight excluding hydrogens is 452 g/mol. The zero-order chi connectivity index (χ0) is 25.7. The van der Waals surface area contributed by atoms with Gasteiger partial charge in [-0.3, -0.25) is 19.3 Å². The van der Waals surface area contributed by atoms with Gasteiger partial charge in [0.2, 0.25) is 11.8 Å². The fourth-order valence-electron chi connectivity index (χ4n) is 5.69. The highest BCUT2D eigenvalue weighted by atomic mass is 16.6. The first-order valence-corrected chi connectivity index (χ1v) is 12.9. The Morgan fingerprint density at radius 1 is 1.23 bits per heavy atom. The van der Waals surface area contributed by atoms with E-state index in [9.17, 15) is 24.3 Å². The van der Waals surface area contributed by atoms with E-state index in [0.717, 1.165) is 19.3 Å². The van der Waals surface area contributed by atoms with Crippen LogP contribution in [0.1, 0.15) is 66.7 Å². The lowest BCUT2D eigenvalue weighted by Gasteiger charge is -2.34. The third kappa shape index (κ3) is 5.57. The lowest BCUT2D eigenvalue weighted by Crippen LogP contribution is -2.58. The summed E-state index contributed by atoms with van der Waals surface area (Å²) in [7, 11) is 0. The van der Waals surface area contributed by atoms with E-state index < -0.39 is 47.6 Å². The maximum atomic E-state index is 13.6. The molecule has 35 heavy (non-hydrogen) atoms. The van der Waals surface area contributed by atoms with Gasteiger partial charge < -0.3 is 25.8 Å². The molecule has 0 bridgehead atoms. The van der Waals surface area contributed by atoms with Crippen molar-refractivity contribution in [2.45, 2.75) is 96.6 Å². The monoisotopic (exact) mass is 492 g/mol. The van der Waals surface area contributed by atoms with Gasteiger partial charge in [0.05, 0.1) is 6.04 Å². The molecule has 0 aromatic rings. The van der Waals surface area contributed by atoms with Gasteiger partial charge in [0.1, 0.15) is 11.6 Å². The molecule has 196 valence electrons. The molecule has 0 aromatic heterocycles. The number of nitrogens with zero attached hydrogens (tertiary/aromatic N) is 1. The van der Waals surface area contributed by atoms with Crippen LogP contribution in [0.25, 0.3) is 0 Å². The number of piperidine rings is 2. The highest BCUT2D eigenvalue weighted by molar-refractivity contribution is 5.89. The summed E-state index contributed by atoms with van der Waals surface area (Å²) in [6.07, 6.45) is 1.27. The van der Waals surface area contributed by atoms with Crippen LogP contribution in [-0.4, -0.2) is 76.7 Å². The average molecular weight is 493 g/mol. The first kappa shape index (κ1) is 25.7. The van der Waals surface area contributed by atoms with E-state index in [2.05, 4.69) is 29.8 Å². The van der Waals surface area contributed by atoms with E-state index in [4.69, 9.17) is 4.74 Å². The zero-order valence-electron chi connectivity index (χ0n) is 21.4. The van der Waals surface area contributed by atoms with Crippen molar-refractivity contribution in [1.29, 1.82) is 0 Å². The fourth-order valence-corrected chi connectivity index (χ4v) is 5.69. The quantitative estimate of drug-likeness (QED) is 0.417. The maximum absolute atomic E-state index is 13.6. The van der Waals surface area contributed by atoms with Crippen LogP contribution in [-0.2, 0) is 19.1 Å². The predicted octanol–water partition coefficient (Wildman–Crippen LogP) is 0.919. The second kappa shape index (κ2) is 9.26. The Balaban J connectivity index is 1.51. The van der Waals surface area contributed by atoms with Gasteiger partial charge in [0.15, 0.2) is 6.10 Å². The minimum absolute atomic E-state index is 0.0360. The van der Waals surface area contributed by atoms with Crippen LogP contribution >= 0.6 is 0 Å². The summed E-state index contributed by atoms with van der Waals surface area (Å²) in [6, 6.07) is -1.65. The molecule has 4 aliphatic rings. The average Bonchev–Trinajstić information content (AvgIpc) is 3.60. The molecule has 2 heterocycles. The molecule has 10 nitrogen and oxygen atoms in total. The molecule has 1 unspecified atom stereocenters. The number of nitrogens with one attached hydrogen (secondary N) is 3. The number of likely N-dealkylation sites (tertiary alicyclic amines) is 1. The summed E-state index contributed by atoms with van der Waals surface area (Å²) in [5.41, 5.74) is -0.796. The largest absolute Gasteiger partial charge is 0.444 e. The van der Waals surface area contributed by atoms with Crippen LogP contribution in [0.2, 0.25) is 0 Å². The second-order valence-corrected chi connectivity index (χ2v) is 12.2. The number of amides is 4. The first-order valence-electron chi connectivity index (χ1n) is 12.9. The van der Waals surface area contributed by atoms with Crippen molar-refractivity contribution in [3.63, 3.8) is 0 Å². The van der Waals surface area contributed by atoms with Crippen molar-refractivity contribution in [1.82, 2.24) is 20.9 Å². The standard InChI is InChI=1S/C25H40N4O6/c1-24(2,3)35-23(34)29-12-15-17(25(15,4)5)18(29)21(32)28-16(11-13-7-6-10-26-20(13)31)19(30)22(33)27-14-8-9-14/h13-19,30H,6-12H2,1-5H3,(H,26,31)(H,27,33)(H,28,32)/t13-,15-,16-,17-,18-,19?/m0/s1. The van der Waals surface area contributed by atoms with Crippen molar-refractivity contribution in [3.8, 4) is 0 Å². The Hall–Kier alpha value is -2.36. The molecule has 2 aliphatic heterocycles. The van der Waals surface area contributed by atoms with Crippen LogP contribution < -0.4 is 16.0 Å². The number of hydrogen-bond acceptors (Lipinski definition) is 6. The summed E-state index contributed by atoms with van der Waals surface area (Å²) >= 11 is 0. The van der Waals surface area contributed by atoms with Gasteiger partial charge in [-0.2, -0.15) is 0 Å². The molecule has 2 saturated carbocycles. The lowest BCUT2D eigenvalue weighted by atomic mass is 9.89. The Morgan fingerprint density at radius 2 is 1.91 bits per heavy atom. The molecule has 0 radical (unpaired) electrons. The first-order chi connectivity index (χ1) is 16.3. The van der Waals surface area contributed by atoms with Gasteiger partial charge in [-0.1, -0.05) is 13.8 Å². The summed E-state index contributed by atoms with van der Waals surface area (Å²) < 4.78 is 5.56. The van der Waals surface area contributed by atoms with Gasteiger partial charge in [0.25, 0.3) is 5.91 Å². The molecule has 0 aromatic carbocycles. The number of rotatable bonds is 7. The Morgan fingerprint density at radius 3 is 2.51 bits per heavy atom. The van der Waals surface area contributed by atoms with Gasteiger partial charge >= 0.3 is 6.09 Å². The summed E-state index contributed by atoms with van der Waals surface area (Å²) in [5, 5.41) is 19.4. The summed E-state index contributed by atoms with van der Waals surface area (Å²) in [4.78, 5) is 53.1. The zero-order valence-corrected chi connectivity index (χ0v) is 21.4. The highest BCUT2D eigenvalue weighted by Crippen LogP contribution is 2.65. The van der Waals surface area contributed by atoms with Crippen LogP contribution in [0.5, 0.6) is 0 Å². The van der Waals surface area contributed by atoms with Gasteiger partial charge in [0, 0.05) is 25.0 Å². The number of aliphatic hydroxyl groups excluding tert-OH is 1. The van der Waals surface area contributed by atoms with E-state index in [1.54, 1.807) is 20.8 Å². The number of ether oxygens (including phenoxy) is 1. The van der Waals surface area contributed by atoms with Crippen LogP contribution in [0.3, 0.4) is 0 Å². The number of aliphatic hydroxyl groups is 1. The van der Waals surface area contributed by atoms with E-state index >= 15 is 0 Å². The summed E-state index contributed by atoms with van der Waals surface area (Å²) in [5.74, 6) is -1.37. The van der Waals surface area contributed by atoms with Crippen molar-refractivity contribution in [2.24, 2.45) is 23.2 Å². The fraction of sp³-hybridized carbons (Fsp3) is 0.840. The molecule has 2 saturated heterocycles. The minimum Gasteiger partial charge on any atom is -0.444 e. The van der Waals surface area contributed by atoms with Crippen LogP contribution in [0.15, 0.2) is 0 Å². The smallest absolute Gasteiger partial charge is 0.410 e. The number of carbonyl (C=O) groups excluding carboxylic acids is 4. The van der Waals surface area contributed by atoms with E-state index in [1.165, 1.54) is 4.90 Å². The Bertz CT molecular complexity index is 880. The molecule has 10 heteroatoms. The molecule has 6 atom stereocenters. The maximum Gasteiger partial charge on any atom is 0.410 e. The second-order valence-electron chi connectivity index (χ2n) is 12.2. The van der Waals surface area contributed by atoms with Crippen LogP contribution in [0.4, 0.5) is 4.79 Å². The predicted molar refractivity (Wildman–Crippen MR) is 127 cm³/mol. The van der Waals surface area contributed by atoms with Crippen molar-refractivity contribution < 1.29 is 29.0 Å². The normalized spacial score (nSPS) is 31.0. The third-order valence-electron chi connectivity index (χ3n) is 7.94. The molecule has 4 N–H and O–H groups in total. The Labute approximate surface area is 206 Å². The summed E-state index contributed by atoms with van der Waals surface area (Å²) in [6.45, 7) is 10.5. The van der Waals surface area contributed by atoms with E-state index in [0.29, 0.717) is 19.5 Å². The molecular formula is C25H40N4O6. The SMILES string of the molecule is CC(C)(C)OC(=O)N1C[C@H]2[C@@H]([C@H]1C(=O)N[C@@H](C[C@@H]1CCCNC1=O)C(O)C(=O)NC1CC1)C2(C)C. The minimum atomic E-state index is -1.49. The molecule has 2 aliphatic carbocycles. The highest BCUT2D eigenvalue weighted by Gasteiger charge is 2.70. The molecule has 4 amide bonds.